The van der Waals surface area contributed by atoms with Gasteiger partial charge in [-0.1, -0.05) is 55.8 Å². The second-order valence-electron chi connectivity index (χ2n) is 5.68. The summed E-state index contributed by atoms with van der Waals surface area (Å²) < 4.78 is 5.75. The van der Waals surface area contributed by atoms with Crippen molar-refractivity contribution in [1.82, 2.24) is 4.98 Å². The van der Waals surface area contributed by atoms with Crippen molar-refractivity contribution in [1.29, 1.82) is 0 Å². The van der Waals surface area contributed by atoms with Crippen LogP contribution in [0.5, 0.6) is 10.9 Å². The molecule has 0 atom stereocenters. The van der Waals surface area contributed by atoms with Crippen molar-refractivity contribution in [3.63, 3.8) is 0 Å². The number of nitrogens with zero attached hydrogens (tertiary/aromatic N) is 1. The van der Waals surface area contributed by atoms with Gasteiger partial charge in [0.05, 0.1) is 11.5 Å². The van der Waals surface area contributed by atoms with Gasteiger partial charge in [0.2, 0.25) is 0 Å². The fourth-order valence-electron chi connectivity index (χ4n) is 1.78. The van der Waals surface area contributed by atoms with Gasteiger partial charge in [0.15, 0.2) is 0 Å². The molecule has 3 nitrogen and oxygen atoms in total. The first-order valence-electron chi connectivity index (χ1n) is 6.36. The van der Waals surface area contributed by atoms with Crippen molar-refractivity contribution in [3.05, 3.63) is 39.4 Å². The Morgan fingerprint density at radius 1 is 1.35 bits per heavy atom. The van der Waals surface area contributed by atoms with Crippen LogP contribution in [0, 0.1) is 6.92 Å². The van der Waals surface area contributed by atoms with E-state index in [0.717, 1.165) is 11.3 Å². The first kappa shape index (κ1) is 15.3. The highest BCUT2D eigenvalue weighted by Gasteiger charge is 2.16. The molecule has 0 fully saturated rings. The zero-order chi connectivity index (χ0) is 14.9. The quantitative estimate of drug-likeness (QED) is 0.894. The summed E-state index contributed by atoms with van der Waals surface area (Å²) in [5, 5.41) is 9.86. The number of thiazole rings is 1. The van der Waals surface area contributed by atoms with E-state index in [4.69, 9.17) is 21.4 Å². The average molecular weight is 312 g/mol. The molecule has 108 valence electrons. The van der Waals surface area contributed by atoms with Crippen molar-refractivity contribution in [2.45, 2.75) is 39.7 Å². The van der Waals surface area contributed by atoms with Gasteiger partial charge in [-0.15, -0.1) is 0 Å². The standard InChI is InChI=1S/C15H18ClNO2S/c1-9-7-10(15(2,3)4)5-6-11(9)19-14-17-13(16)12(8-18)20-14/h5-7,18H,8H2,1-4H3. The Morgan fingerprint density at radius 3 is 2.55 bits per heavy atom. The molecule has 0 aliphatic rings. The molecule has 20 heavy (non-hydrogen) atoms. The van der Waals surface area contributed by atoms with Crippen molar-refractivity contribution in [2.75, 3.05) is 0 Å². The number of aryl methyl sites for hydroxylation is 1. The van der Waals surface area contributed by atoms with Crippen LogP contribution in [0.15, 0.2) is 18.2 Å². The Bertz CT molecular complexity index is 617. The number of aliphatic hydroxyl groups excluding tert-OH is 1. The minimum absolute atomic E-state index is 0.109. The molecule has 0 amide bonds. The van der Waals surface area contributed by atoms with Gasteiger partial charge < -0.3 is 9.84 Å². The molecule has 0 radical (unpaired) electrons. The molecule has 5 heteroatoms. The first-order valence-corrected chi connectivity index (χ1v) is 7.55. The van der Waals surface area contributed by atoms with Crippen molar-refractivity contribution < 1.29 is 9.84 Å². The van der Waals surface area contributed by atoms with E-state index >= 15 is 0 Å². The number of aliphatic hydroxyl groups is 1. The maximum atomic E-state index is 9.11. The molecule has 0 bridgehead atoms. The van der Waals surface area contributed by atoms with Gasteiger partial charge in [-0.2, -0.15) is 4.98 Å². The van der Waals surface area contributed by atoms with Crippen molar-refractivity contribution in [3.8, 4) is 10.9 Å². The third kappa shape index (κ3) is 3.32. The van der Waals surface area contributed by atoms with E-state index in [0.29, 0.717) is 15.2 Å². The molecule has 0 saturated heterocycles. The van der Waals surface area contributed by atoms with Crippen LogP contribution in [0.4, 0.5) is 0 Å². The summed E-state index contributed by atoms with van der Waals surface area (Å²) in [6.07, 6.45) is 0. The predicted octanol–water partition coefficient (Wildman–Crippen LogP) is 4.69. The molecule has 0 unspecified atom stereocenters. The van der Waals surface area contributed by atoms with Gasteiger partial charge in [0, 0.05) is 0 Å². The van der Waals surface area contributed by atoms with Crippen LogP contribution < -0.4 is 4.74 Å². The number of rotatable bonds is 3. The summed E-state index contributed by atoms with van der Waals surface area (Å²) in [5.41, 5.74) is 2.42. The lowest BCUT2D eigenvalue weighted by atomic mass is 9.86. The van der Waals surface area contributed by atoms with E-state index in [-0.39, 0.29) is 12.0 Å². The Hall–Kier alpha value is -1.10. The molecular weight excluding hydrogens is 294 g/mol. The Morgan fingerprint density at radius 2 is 2.05 bits per heavy atom. The van der Waals surface area contributed by atoms with Crippen LogP contribution in [0.25, 0.3) is 0 Å². The zero-order valence-corrected chi connectivity index (χ0v) is 13.6. The molecule has 1 N–H and O–H groups in total. The number of halogens is 1. The Labute approximate surface area is 128 Å². The fourth-order valence-corrected chi connectivity index (χ4v) is 2.75. The molecule has 0 aliphatic carbocycles. The van der Waals surface area contributed by atoms with Crippen LogP contribution in [-0.2, 0) is 12.0 Å². The highest BCUT2D eigenvalue weighted by Crippen LogP contribution is 2.34. The van der Waals surface area contributed by atoms with Crippen molar-refractivity contribution >= 4 is 22.9 Å². The van der Waals surface area contributed by atoms with Crippen LogP contribution in [0.3, 0.4) is 0 Å². The molecular formula is C15H18ClNO2S. The highest BCUT2D eigenvalue weighted by molar-refractivity contribution is 7.13. The van der Waals surface area contributed by atoms with Crippen LogP contribution in [0.2, 0.25) is 5.15 Å². The lowest BCUT2D eigenvalue weighted by molar-refractivity contribution is 0.285. The van der Waals surface area contributed by atoms with E-state index in [2.05, 4.69) is 37.9 Å². The summed E-state index contributed by atoms with van der Waals surface area (Å²) in [4.78, 5) is 4.71. The van der Waals surface area contributed by atoms with E-state index in [1.165, 1.54) is 16.9 Å². The second kappa shape index (κ2) is 5.72. The molecule has 2 aromatic rings. The molecule has 1 aromatic carbocycles. The van der Waals surface area contributed by atoms with E-state index in [1.807, 2.05) is 13.0 Å². The van der Waals surface area contributed by atoms with Gasteiger partial charge in [-0.05, 0) is 29.5 Å². The normalized spacial score (nSPS) is 11.7. The number of hydrogen-bond acceptors (Lipinski definition) is 4. The maximum absolute atomic E-state index is 9.11. The van der Waals surface area contributed by atoms with Gasteiger partial charge in [0.25, 0.3) is 5.19 Å². The third-order valence-corrected chi connectivity index (χ3v) is 4.35. The molecule has 0 saturated carbocycles. The molecule has 2 rings (SSSR count). The first-order chi connectivity index (χ1) is 9.31. The predicted molar refractivity (Wildman–Crippen MR) is 83.0 cm³/mol. The summed E-state index contributed by atoms with van der Waals surface area (Å²) in [6.45, 7) is 8.41. The van der Waals surface area contributed by atoms with E-state index in [9.17, 15) is 0 Å². The highest BCUT2D eigenvalue weighted by atomic mass is 35.5. The summed E-state index contributed by atoms with van der Waals surface area (Å²) in [6, 6.07) is 6.13. The van der Waals surface area contributed by atoms with Gasteiger partial charge in [-0.25, -0.2) is 0 Å². The molecule has 1 aromatic heterocycles. The summed E-state index contributed by atoms with van der Waals surface area (Å²) >= 11 is 7.15. The largest absolute Gasteiger partial charge is 0.431 e. The van der Waals surface area contributed by atoms with E-state index in [1.54, 1.807) is 0 Å². The smallest absolute Gasteiger partial charge is 0.280 e. The fraction of sp³-hybridized carbons (Fsp3) is 0.400. The molecule has 0 spiro atoms. The Balaban J connectivity index is 2.25. The minimum Gasteiger partial charge on any atom is -0.431 e. The number of ether oxygens (including phenoxy) is 1. The average Bonchev–Trinajstić information content (AvgIpc) is 2.71. The SMILES string of the molecule is Cc1cc(C(C)(C)C)ccc1Oc1nc(Cl)c(CO)s1. The third-order valence-electron chi connectivity index (χ3n) is 3.01. The number of aromatic nitrogens is 1. The molecule has 1 heterocycles. The van der Waals surface area contributed by atoms with Gasteiger partial charge >= 0.3 is 0 Å². The van der Waals surface area contributed by atoms with Crippen molar-refractivity contribution in [2.24, 2.45) is 0 Å². The molecule has 0 aliphatic heterocycles. The minimum atomic E-state index is -0.123. The lowest BCUT2D eigenvalue weighted by Crippen LogP contribution is -2.11. The maximum Gasteiger partial charge on any atom is 0.280 e. The summed E-state index contributed by atoms with van der Waals surface area (Å²) in [5.74, 6) is 0.757. The van der Waals surface area contributed by atoms with E-state index < -0.39 is 0 Å². The zero-order valence-electron chi connectivity index (χ0n) is 12.0. The monoisotopic (exact) mass is 311 g/mol. The van der Waals surface area contributed by atoms with Crippen LogP contribution in [0.1, 0.15) is 36.8 Å². The van der Waals surface area contributed by atoms with Crippen LogP contribution in [-0.4, -0.2) is 10.1 Å². The van der Waals surface area contributed by atoms with Gasteiger partial charge in [-0.3, -0.25) is 0 Å². The number of hydrogen-bond donors (Lipinski definition) is 1. The Kier molecular flexibility index (Phi) is 4.37. The van der Waals surface area contributed by atoms with Gasteiger partial charge in [0.1, 0.15) is 10.9 Å². The topological polar surface area (TPSA) is 42.4 Å². The second-order valence-corrected chi connectivity index (χ2v) is 7.09. The van der Waals surface area contributed by atoms with Crippen LogP contribution >= 0.6 is 22.9 Å². The lowest BCUT2D eigenvalue weighted by Gasteiger charge is -2.20. The summed E-state index contributed by atoms with van der Waals surface area (Å²) in [7, 11) is 0. The number of benzene rings is 1.